The van der Waals surface area contributed by atoms with E-state index in [-0.39, 0.29) is 12.3 Å². The molecule has 2 N–H and O–H groups in total. The summed E-state index contributed by atoms with van der Waals surface area (Å²) in [4.78, 5) is 25.6. The molecule has 144 valence electrons. The summed E-state index contributed by atoms with van der Waals surface area (Å²) in [7, 11) is 0. The van der Waals surface area contributed by atoms with Gasteiger partial charge in [-0.15, -0.1) is 0 Å². The Balaban J connectivity index is 1.61. The minimum Gasteiger partial charge on any atom is -0.369 e. The molecule has 0 radical (unpaired) electrons. The number of aromatic nitrogens is 3. The first-order valence-corrected chi connectivity index (χ1v) is 9.52. The number of pyridine rings is 1. The van der Waals surface area contributed by atoms with Crippen molar-refractivity contribution in [3.63, 3.8) is 0 Å². The molecule has 0 saturated carbocycles. The van der Waals surface area contributed by atoms with Crippen LogP contribution in [0.4, 0.5) is 11.5 Å². The van der Waals surface area contributed by atoms with Crippen LogP contribution < -0.4 is 10.6 Å². The first kappa shape index (κ1) is 19.8. The Kier molecular flexibility index (Phi) is 6.55. The van der Waals surface area contributed by atoms with Crippen LogP contribution in [0.15, 0.2) is 48.7 Å². The number of rotatable bonds is 7. The van der Waals surface area contributed by atoms with Crippen LogP contribution in [0.3, 0.4) is 0 Å². The van der Waals surface area contributed by atoms with Crippen molar-refractivity contribution in [1.82, 2.24) is 15.0 Å². The molecule has 28 heavy (non-hydrogen) atoms. The van der Waals surface area contributed by atoms with Gasteiger partial charge in [-0.25, -0.2) is 9.97 Å². The number of carbonyl (C=O) groups excluding carboxylic acids is 1. The van der Waals surface area contributed by atoms with E-state index in [0.29, 0.717) is 34.6 Å². The fourth-order valence-electron chi connectivity index (χ4n) is 2.62. The van der Waals surface area contributed by atoms with Crippen molar-refractivity contribution in [3.05, 3.63) is 64.9 Å². The highest BCUT2D eigenvalue weighted by molar-refractivity contribution is 6.33. The fourth-order valence-corrected chi connectivity index (χ4v) is 2.90. The van der Waals surface area contributed by atoms with Crippen LogP contribution in [-0.2, 0) is 11.2 Å². The van der Waals surface area contributed by atoms with Crippen LogP contribution in [-0.4, -0.2) is 27.4 Å². The molecule has 2 aromatic heterocycles. The number of anilines is 2. The van der Waals surface area contributed by atoms with Gasteiger partial charge >= 0.3 is 0 Å². The second-order valence-electron chi connectivity index (χ2n) is 6.34. The zero-order chi connectivity index (χ0) is 19.9. The number of nitrogens with one attached hydrogen (secondary N) is 2. The molecule has 0 atom stereocenters. The van der Waals surface area contributed by atoms with Gasteiger partial charge in [0.25, 0.3) is 0 Å². The highest BCUT2D eigenvalue weighted by Gasteiger charge is 2.09. The molecule has 0 aliphatic heterocycles. The molecular formula is C21H22ClN5O. The molecule has 0 saturated heterocycles. The molecule has 0 fully saturated rings. The number of aryl methyl sites for hydroxylation is 2. The van der Waals surface area contributed by atoms with Crippen LogP contribution in [0, 0.1) is 6.92 Å². The molecule has 0 bridgehead atoms. The molecule has 0 aliphatic carbocycles. The normalized spacial score (nSPS) is 10.5. The zero-order valence-corrected chi connectivity index (χ0v) is 16.6. The minimum absolute atomic E-state index is 0.118. The summed E-state index contributed by atoms with van der Waals surface area (Å²) in [5.41, 5.74) is 3.29. The first-order chi connectivity index (χ1) is 13.5. The van der Waals surface area contributed by atoms with Gasteiger partial charge in [0.1, 0.15) is 11.5 Å². The Labute approximate surface area is 169 Å². The van der Waals surface area contributed by atoms with Crippen molar-refractivity contribution in [2.45, 2.75) is 26.7 Å². The average molecular weight is 396 g/mol. The Bertz CT molecular complexity index is 962. The highest BCUT2D eigenvalue weighted by Crippen LogP contribution is 2.22. The zero-order valence-electron chi connectivity index (χ0n) is 15.9. The summed E-state index contributed by atoms with van der Waals surface area (Å²) in [5.74, 6) is 1.12. The molecule has 3 rings (SSSR count). The molecule has 2 heterocycles. The number of hydrogen-bond donors (Lipinski definition) is 2. The van der Waals surface area contributed by atoms with Crippen LogP contribution in [0.5, 0.6) is 0 Å². The standard InChI is InChI=1S/C21H22ClN5O/c1-3-15-13-19(27-21(25-15)18-6-4-5-10-23-18)24-11-9-20(28)26-17-8-7-14(2)12-16(17)22/h4-8,10,12-13H,3,9,11H2,1-2H3,(H,26,28)(H,24,25,27). The van der Waals surface area contributed by atoms with Gasteiger partial charge in [0.05, 0.1) is 10.7 Å². The summed E-state index contributed by atoms with van der Waals surface area (Å²) < 4.78 is 0. The van der Waals surface area contributed by atoms with Crippen LogP contribution in [0.2, 0.25) is 5.02 Å². The van der Waals surface area contributed by atoms with Crippen molar-refractivity contribution < 1.29 is 4.79 Å². The fraction of sp³-hybridized carbons (Fsp3) is 0.238. The number of halogens is 1. The number of hydrogen-bond acceptors (Lipinski definition) is 5. The maximum absolute atomic E-state index is 12.2. The second kappa shape index (κ2) is 9.28. The molecule has 1 aromatic carbocycles. The summed E-state index contributed by atoms with van der Waals surface area (Å²) in [6.45, 7) is 4.43. The molecule has 0 spiro atoms. The molecular weight excluding hydrogens is 374 g/mol. The van der Waals surface area contributed by atoms with E-state index < -0.39 is 0 Å². The van der Waals surface area contributed by atoms with E-state index in [4.69, 9.17) is 11.6 Å². The SMILES string of the molecule is CCc1cc(NCCC(=O)Nc2ccc(C)cc2Cl)nc(-c2ccccn2)n1. The van der Waals surface area contributed by atoms with E-state index in [1.165, 1.54) is 0 Å². The van der Waals surface area contributed by atoms with Crippen molar-refractivity contribution in [1.29, 1.82) is 0 Å². The minimum atomic E-state index is -0.118. The predicted octanol–water partition coefficient (Wildman–Crippen LogP) is 4.50. The summed E-state index contributed by atoms with van der Waals surface area (Å²) >= 11 is 6.16. The van der Waals surface area contributed by atoms with Crippen LogP contribution >= 0.6 is 11.6 Å². The molecule has 0 aliphatic rings. The van der Waals surface area contributed by atoms with Gasteiger partial charge < -0.3 is 10.6 Å². The van der Waals surface area contributed by atoms with Crippen LogP contribution in [0.25, 0.3) is 11.5 Å². The summed E-state index contributed by atoms with van der Waals surface area (Å²) in [5, 5.41) is 6.56. The van der Waals surface area contributed by atoms with Gasteiger partial charge in [-0.3, -0.25) is 9.78 Å². The highest BCUT2D eigenvalue weighted by atomic mass is 35.5. The number of amides is 1. The van der Waals surface area contributed by atoms with Gasteiger partial charge in [0, 0.05) is 30.9 Å². The number of benzene rings is 1. The van der Waals surface area contributed by atoms with E-state index in [1.807, 2.05) is 50.2 Å². The smallest absolute Gasteiger partial charge is 0.226 e. The molecule has 7 heteroatoms. The van der Waals surface area contributed by atoms with E-state index >= 15 is 0 Å². The van der Waals surface area contributed by atoms with Gasteiger partial charge in [0.2, 0.25) is 5.91 Å². The third kappa shape index (κ3) is 5.27. The van der Waals surface area contributed by atoms with Crippen molar-refractivity contribution in [3.8, 4) is 11.5 Å². The van der Waals surface area contributed by atoms with Crippen molar-refractivity contribution in [2.75, 3.05) is 17.2 Å². The quantitative estimate of drug-likeness (QED) is 0.615. The lowest BCUT2D eigenvalue weighted by Crippen LogP contribution is -2.17. The summed E-state index contributed by atoms with van der Waals surface area (Å²) in [6, 6.07) is 13.1. The van der Waals surface area contributed by atoms with Gasteiger partial charge in [-0.1, -0.05) is 30.7 Å². The topological polar surface area (TPSA) is 79.8 Å². The lowest BCUT2D eigenvalue weighted by molar-refractivity contribution is -0.115. The van der Waals surface area contributed by atoms with Gasteiger partial charge in [0.15, 0.2) is 5.82 Å². The lowest BCUT2D eigenvalue weighted by Gasteiger charge is -2.10. The Hall–Kier alpha value is -2.99. The summed E-state index contributed by atoms with van der Waals surface area (Å²) in [6.07, 6.45) is 2.78. The monoisotopic (exact) mass is 395 g/mol. The second-order valence-corrected chi connectivity index (χ2v) is 6.75. The Morgan fingerprint density at radius 3 is 2.71 bits per heavy atom. The maximum Gasteiger partial charge on any atom is 0.226 e. The Morgan fingerprint density at radius 1 is 1.14 bits per heavy atom. The van der Waals surface area contributed by atoms with Gasteiger partial charge in [-0.2, -0.15) is 0 Å². The first-order valence-electron chi connectivity index (χ1n) is 9.14. The third-order valence-corrected chi connectivity index (χ3v) is 4.40. The molecule has 1 amide bonds. The van der Waals surface area contributed by atoms with Crippen LogP contribution in [0.1, 0.15) is 24.6 Å². The van der Waals surface area contributed by atoms with E-state index in [2.05, 4.69) is 25.6 Å². The molecule has 0 unspecified atom stereocenters. The molecule has 3 aromatic rings. The maximum atomic E-state index is 12.2. The van der Waals surface area contributed by atoms with Gasteiger partial charge in [-0.05, 0) is 43.2 Å². The predicted molar refractivity (Wildman–Crippen MR) is 113 cm³/mol. The van der Waals surface area contributed by atoms with E-state index in [1.54, 1.807) is 12.3 Å². The number of nitrogens with zero attached hydrogens (tertiary/aromatic N) is 3. The van der Waals surface area contributed by atoms with Crippen molar-refractivity contribution in [2.24, 2.45) is 0 Å². The lowest BCUT2D eigenvalue weighted by atomic mass is 10.2. The Morgan fingerprint density at radius 2 is 2.00 bits per heavy atom. The van der Waals surface area contributed by atoms with E-state index in [9.17, 15) is 4.79 Å². The van der Waals surface area contributed by atoms with Crippen molar-refractivity contribution >= 4 is 29.0 Å². The average Bonchev–Trinajstić information content (AvgIpc) is 2.70. The largest absolute Gasteiger partial charge is 0.369 e. The third-order valence-electron chi connectivity index (χ3n) is 4.09. The number of carbonyl (C=O) groups is 1. The molecule has 6 nitrogen and oxygen atoms in total. The van der Waals surface area contributed by atoms with E-state index in [0.717, 1.165) is 17.7 Å².